The molecule has 0 aromatic heterocycles. The summed E-state index contributed by atoms with van der Waals surface area (Å²) in [6.07, 6.45) is 0. The van der Waals surface area contributed by atoms with Crippen LogP contribution in [0, 0.1) is 10.1 Å². The van der Waals surface area contributed by atoms with Crippen molar-refractivity contribution < 1.29 is 9.72 Å². The average Bonchev–Trinajstić information content (AvgIpc) is 2.28. The summed E-state index contributed by atoms with van der Waals surface area (Å²) >= 11 is 0. The van der Waals surface area contributed by atoms with Gasteiger partial charge in [-0.3, -0.25) is 14.9 Å². The van der Waals surface area contributed by atoms with Crippen LogP contribution in [-0.2, 0) is 4.79 Å². The van der Waals surface area contributed by atoms with Crippen molar-refractivity contribution in [2.24, 2.45) is 0 Å². The molecule has 0 heterocycles. The van der Waals surface area contributed by atoms with E-state index in [4.69, 9.17) is 0 Å². The largest absolute Gasteiger partial charge is 0.374 e. The van der Waals surface area contributed by atoms with Crippen LogP contribution in [0.3, 0.4) is 0 Å². The van der Waals surface area contributed by atoms with E-state index in [2.05, 4.69) is 10.6 Å². The second-order valence-corrected chi connectivity index (χ2v) is 4.34. The lowest BCUT2D eigenvalue weighted by molar-refractivity contribution is -0.384. The van der Waals surface area contributed by atoms with E-state index in [0.29, 0.717) is 5.69 Å². The summed E-state index contributed by atoms with van der Waals surface area (Å²) in [4.78, 5) is 21.8. The number of amides is 1. The quantitative estimate of drug-likeness (QED) is 0.618. The van der Waals surface area contributed by atoms with E-state index in [1.807, 2.05) is 13.8 Å². The molecule has 98 valence electrons. The molecule has 0 aliphatic rings. The van der Waals surface area contributed by atoms with E-state index < -0.39 is 11.0 Å². The van der Waals surface area contributed by atoms with Gasteiger partial charge in [0.1, 0.15) is 6.04 Å². The number of nitro groups is 1. The van der Waals surface area contributed by atoms with Gasteiger partial charge < -0.3 is 10.6 Å². The van der Waals surface area contributed by atoms with Gasteiger partial charge in [-0.05, 0) is 26.8 Å². The highest BCUT2D eigenvalue weighted by atomic mass is 16.6. The lowest BCUT2D eigenvalue weighted by Crippen LogP contribution is -2.40. The summed E-state index contributed by atoms with van der Waals surface area (Å²) < 4.78 is 0. The number of carbonyl (C=O) groups is 1. The number of nitrogens with one attached hydrogen (secondary N) is 2. The summed E-state index contributed by atoms with van der Waals surface area (Å²) in [7, 11) is 0. The fourth-order valence-electron chi connectivity index (χ4n) is 1.43. The molecule has 2 N–H and O–H groups in total. The zero-order valence-corrected chi connectivity index (χ0v) is 10.6. The maximum absolute atomic E-state index is 11.7. The summed E-state index contributed by atoms with van der Waals surface area (Å²) in [5, 5.41) is 16.3. The van der Waals surface area contributed by atoms with Crippen LogP contribution < -0.4 is 10.6 Å². The van der Waals surface area contributed by atoms with Crippen LogP contribution >= 0.6 is 0 Å². The Labute approximate surface area is 106 Å². The fraction of sp³-hybridized carbons (Fsp3) is 0.417. The molecule has 0 aliphatic carbocycles. The number of benzene rings is 1. The van der Waals surface area contributed by atoms with E-state index >= 15 is 0 Å². The zero-order valence-electron chi connectivity index (χ0n) is 10.6. The predicted octanol–water partition coefficient (Wildman–Crippen LogP) is 1.92. The molecule has 18 heavy (non-hydrogen) atoms. The molecule has 0 fully saturated rings. The number of rotatable bonds is 5. The van der Waals surface area contributed by atoms with Gasteiger partial charge in [-0.1, -0.05) is 6.07 Å². The molecule has 1 rings (SSSR count). The summed E-state index contributed by atoms with van der Waals surface area (Å²) in [6, 6.07) is 5.68. The maximum Gasteiger partial charge on any atom is 0.271 e. The molecule has 0 spiro atoms. The number of nitro benzene ring substituents is 1. The summed E-state index contributed by atoms with van der Waals surface area (Å²) in [5.41, 5.74) is 0.548. The first-order valence-electron chi connectivity index (χ1n) is 5.71. The van der Waals surface area contributed by atoms with E-state index in [1.165, 1.54) is 12.1 Å². The minimum Gasteiger partial charge on any atom is -0.374 e. The Hall–Kier alpha value is -2.11. The summed E-state index contributed by atoms with van der Waals surface area (Å²) in [5.74, 6) is -0.142. The van der Waals surface area contributed by atoms with Crippen molar-refractivity contribution in [3.8, 4) is 0 Å². The lowest BCUT2D eigenvalue weighted by atomic mass is 10.2. The first-order chi connectivity index (χ1) is 8.40. The van der Waals surface area contributed by atoms with Crippen LogP contribution in [0.1, 0.15) is 20.8 Å². The van der Waals surface area contributed by atoms with Crippen LogP contribution in [0.2, 0.25) is 0 Å². The Kier molecular flexibility index (Phi) is 4.65. The average molecular weight is 251 g/mol. The van der Waals surface area contributed by atoms with Crippen LogP contribution in [0.4, 0.5) is 11.4 Å². The van der Waals surface area contributed by atoms with Crippen LogP contribution in [0.5, 0.6) is 0 Å². The van der Waals surface area contributed by atoms with Gasteiger partial charge in [-0.25, -0.2) is 0 Å². The third-order valence-corrected chi connectivity index (χ3v) is 2.26. The highest BCUT2D eigenvalue weighted by molar-refractivity contribution is 5.84. The lowest BCUT2D eigenvalue weighted by Gasteiger charge is -2.16. The molecule has 0 bridgehead atoms. The van der Waals surface area contributed by atoms with Gasteiger partial charge >= 0.3 is 0 Å². The number of anilines is 1. The van der Waals surface area contributed by atoms with Gasteiger partial charge in [0.25, 0.3) is 5.69 Å². The number of nitrogens with zero attached hydrogens (tertiary/aromatic N) is 1. The first-order valence-corrected chi connectivity index (χ1v) is 5.71. The monoisotopic (exact) mass is 251 g/mol. The van der Waals surface area contributed by atoms with Crippen LogP contribution in [0.25, 0.3) is 0 Å². The fourth-order valence-corrected chi connectivity index (χ4v) is 1.43. The van der Waals surface area contributed by atoms with Crippen LogP contribution in [-0.4, -0.2) is 22.9 Å². The molecule has 0 aliphatic heterocycles. The predicted molar refractivity (Wildman–Crippen MR) is 69.5 cm³/mol. The van der Waals surface area contributed by atoms with Crippen LogP contribution in [0.15, 0.2) is 24.3 Å². The first kappa shape index (κ1) is 14.0. The van der Waals surface area contributed by atoms with Crippen molar-refractivity contribution in [3.63, 3.8) is 0 Å². The van der Waals surface area contributed by atoms with E-state index in [0.717, 1.165) is 0 Å². The van der Waals surface area contributed by atoms with Gasteiger partial charge in [0, 0.05) is 23.9 Å². The van der Waals surface area contributed by atoms with Crippen molar-refractivity contribution in [2.45, 2.75) is 32.9 Å². The van der Waals surface area contributed by atoms with Crippen molar-refractivity contribution in [1.29, 1.82) is 0 Å². The van der Waals surface area contributed by atoms with Gasteiger partial charge in [-0.15, -0.1) is 0 Å². The second-order valence-electron chi connectivity index (χ2n) is 4.34. The highest BCUT2D eigenvalue weighted by Gasteiger charge is 2.14. The third-order valence-electron chi connectivity index (χ3n) is 2.26. The Morgan fingerprint density at radius 1 is 1.33 bits per heavy atom. The van der Waals surface area contributed by atoms with Gasteiger partial charge in [0.15, 0.2) is 0 Å². The minimum absolute atomic E-state index is 0.00327. The molecule has 0 saturated heterocycles. The topological polar surface area (TPSA) is 84.3 Å². The SMILES string of the molecule is CC(C)NC(=O)[C@@H](C)Nc1cccc([N+](=O)[O-])c1. The zero-order chi connectivity index (χ0) is 13.7. The van der Waals surface area contributed by atoms with Crippen molar-refractivity contribution in [2.75, 3.05) is 5.32 Å². The normalized spacial score (nSPS) is 12.0. The number of hydrogen-bond acceptors (Lipinski definition) is 4. The number of carbonyl (C=O) groups excluding carboxylic acids is 1. The van der Waals surface area contributed by atoms with E-state index in [-0.39, 0.29) is 17.6 Å². The van der Waals surface area contributed by atoms with Gasteiger partial charge in [0.2, 0.25) is 5.91 Å². The van der Waals surface area contributed by atoms with E-state index in [9.17, 15) is 14.9 Å². The van der Waals surface area contributed by atoms with Gasteiger partial charge in [0.05, 0.1) is 4.92 Å². The molecule has 0 radical (unpaired) electrons. The molecule has 0 unspecified atom stereocenters. The Balaban J connectivity index is 2.69. The minimum atomic E-state index is -0.468. The van der Waals surface area contributed by atoms with E-state index in [1.54, 1.807) is 19.1 Å². The molecular formula is C12H17N3O3. The standard InChI is InChI=1S/C12H17N3O3/c1-8(2)13-12(16)9(3)14-10-5-4-6-11(7-10)15(17)18/h4-9,14H,1-3H3,(H,13,16)/t9-/m1/s1. The molecule has 6 heteroatoms. The molecule has 1 aromatic carbocycles. The molecular weight excluding hydrogens is 234 g/mol. The smallest absolute Gasteiger partial charge is 0.271 e. The summed E-state index contributed by atoms with van der Waals surface area (Å²) in [6.45, 7) is 5.45. The maximum atomic E-state index is 11.7. The van der Waals surface area contributed by atoms with Gasteiger partial charge in [-0.2, -0.15) is 0 Å². The second kappa shape index (κ2) is 6.00. The third kappa shape index (κ3) is 4.04. The molecule has 1 amide bonds. The molecule has 1 atom stereocenters. The molecule has 0 saturated carbocycles. The Morgan fingerprint density at radius 2 is 2.00 bits per heavy atom. The highest BCUT2D eigenvalue weighted by Crippen LogP contribution is 2.17. The molecule has 6 nitrogen and oxygen atoms in total. The Bertz CT molecular complexity index is 446. The van der Waals surface area contributed by atoms with Crippen molar-refractivity contribution in [3.05, 3.63) is 34.4 Å². The van der Waals surface area contributed by atoms with Crippen molar-refractivity contribution >= 4 is 17.3 Å². The molecule has 1 aromatic rings. The number of non-ortho nitro benzene ring substituents is 1. The Morgan fingerprint density at radius 3 is 2.56 bits per heavy atom. The van der Waals surface area contributed by atoms with Crippen molar-refractivity contribution in [1.82, 2.24) is 5.32 Å². The number of hydrogen-bond donors (Lipinski definition) is 2.